The van der Waals surface area contributed by atoms with Crippen molar-refractivity contribution in [2.75, 3.05) is 24.8 Å². The maximum Gasteiger partial charge on any atom is 0.338 e. The molecule has 0 saturated heterocycles. The molecule has 3 N–H and O–H groups in total. The normalized spacial score (nSPS) is 10.1. The molecule has 0 bridgehead atoms. The highest BCUT2D eigenvalue weighted by molar-refractivity contribution is 5.96. The molecule has 0 saturated carbocycles. The van der Waals surface area contributed by atoms with Crippen molar-refractivity contribution in [1.29, 1.82) is 0 Å². The average Bonchev–Trinajstić information content (AvgIpc) is 2.56. The van der Waals surface area contributed by atoms with Crippen LogP contribution < -0.4 is 15.8 Å². The first-order chi connectivity index (χ1) is 11.4. The van der Waals surface area contributed by atoms with Gasteiger partial charge in [0, 0.05) is 5.69 Å². The van der Waals surface area contributed by atoms with Gasteiger partial charge in [0.15, 0.2) is 6.61 Å². The van der Waals surface area contributed by atoms with Gasteiger partial charge in [-0.05, 0) is 49.2 Å². The molecule has 0 aromatic heterocycles. The summed E-state index contributed by atoms with van der Waals surface area (Å²) in [6.07, 6.45) is 0. The van der Waals surface area contributed by atoms with Crippen LogP contribution in [-0.2, 0) is 9.53 Å². The molecule has 24 heavy (non-hydrogen) atoms. The lowest BCUT2D eigenvalue weighted by Gasteiger charge is -2.11. The highest BCUT2D eigenvalue weighted by Gasteiger charge is 2.13. The molecule has 0 aliphatic carbocycles. The Morgan fingerprint density at radius 2 is 1.92 bits per heavy atom. The number of ether oxygens (including phenoxy) is 2. The number of carbonyl (C=O) groups excluding carboxylic acids is 2. The molecular formula is C18H20N2O4. The Kier molecular flexibility index (Phi) is 5.42. The van der Waals surface area contributed by atoms with E-state index in [0.717, 1.165) is 11.1 Å². The molecule has 0 spiro atoms. The van der Waals surface area contributed by atoms with Gasteiger partial charge in [0.1, 0.15) is 5.75 Å². The first-order valence-electron chi connectivity index (χ1n) is 7.39. The van der Waals surface area contributed by atoms with Gasteiger partial charge in [-0.15, -0.1) is 0 Å². The molecule has 0 unspecified atom stereocenters. The molecule has 0 radical (unpaired) electrons. The number of aryl methyl sites for hydroxylation is 1. The second kappa shape index (κ2) is 7.50. The second-order valence-electron chi connectivity index (χ2n) is 5.33. The van der Waals surface area contributed by atoms with Crippen molar-refractivity contribution >= 4 is 23.3 Å². The molecule has 0 heterocycles. The van der Waals surface area contributed by atoms with Crippen LogP contribution in [0.15, 0.2) is 36.4 Å². The standard InChI is InChI=1S/C18H20N2O4/c1-11-5-4-6-15(12(11)2)20-17(21)10-24-18(22)13-7-8-16(23-3)14(19)9-13/h4-9H,10,19H2,1-3H3,(H,20,21). The third-order valence-electron chi connectivity index (χ3n) is 3.68. The van der Waals surface area contributed by atoms with Gasteiger partial charge >= 0.3 is 5.97 Å². The average molecular weight is 328 g/mol. The van der Waals surface area contributed by atoms with E-state index in [2.05, 4.69) is 5.32 Å². The fourth-order valence-corrected chi connectivity index (χ4v) is 2.15. The van der Waals surface area contributed by atoms with Gasteiger partial charge in [-0.25, -0.2) is 4.79 Å². The molecule has 2 aromatic carbocycles. The minimum atomic E-state index is -0.625. The van der Waals surface area contributed by atoms with Crippen LogP contribution in [0.4, 0.5) is 11.4 Å². The van der Waals surface area contributed by atoms with Gasteiger partial charge in [-0.1, -0.05) is 12.1 Å². The number of carbonyl (C=O) groups is 2. The summed E-state index contributed by atoms with van der Waals surface area (Å²) in [6, 6.07) is 10.2. The maximum absolute atomic E-state index is 12.0. The summed E-state index contributed by atoms with van der Waals surface area (Å²) in [5.74, 6) is -0.557. The quantitative estimate of drug-likeness (QED) is 0.650. The topological polar surface area (TPSA) is 90.6 Å². The van der Waals surface area contributed by atoms with Crippen LogP contribution in [0.25, 0.3) is 0 Å². The van der Waals surface area contributed by atoms with Gasteiger partial charge in [-0.2, -0.15) is 0 Å². The number of esters is 1. The SMILES string of the molecule is COc1ccc(C(=O)OCC(=O)Nc2cccc(C)c2C)cc1N. The number of nitrogen functional groups attached to an aromatic ring is 1. The molecule has 6 nitrogen and oxygen atoms in total. The van der Waals surface area contributed by atoms with Gasteiger partial charge < -0.3 is 20.5 Å². The summed E-state index contributed by atoms with van der Waals surface area (Å²) in [7, 11) is 1.49. The predicted octanol–water partition coefficient (Wildman–Crippen LogP) is 2.69. The van der Waals surface area contributed by atoms with Crippen LogP contribution in [0.5, 0.6) is 5.75 Å². The van der Waals surface area contributed by atoms with E-state index >= 15 is 0 Å². The van der Waals surface area contributed by atoms with Gasteiger partial charge in [0.25, 0.3) is 5.91 Å². The van der Waals surface area contributed by atoms with Gasteiger partial charge in [-0.3, -0.25) is 4.79 Å². The zero-order valence-electron chi connectivity index (χ0n) is 13.9. The van der Waals surface area contributed by atoms with Crippen molar-refractivity contribution in [2.24, 2.45) is 0 Å². The van der Waals surface area contributed by atoms with E-state index in [9.17, 15) is 9.59 Å². The first kappa shape index (κ1) is 17.3. The summed E-state index contributed by atoms with van der Waals surface area (Å²) in [5, 5.41) is 2.73. The molecule has 0 aliphatic heterocycles. The van der Waals surface area contributed by atoms with E-state index in [1.54, 1.807) is 12.1 Å². The fourth-order valence-electron chi connectivity index (χ4n) is 2.15. The maximum atomic E-state index is 12.0. The van der Waals surface area contributed by atoms with Crippen molar-refractivity contribution in [1.82, 2.24) is 0 Å². The van der Waals surface area contributed by atoms with Crippen LogP contribution in [0.3, 0.4) is 0 Å². The van der Waals surface area contributed by atoms with Crippen molar-refractivity contribution in [3.8, 4) is 5.75 Å². The summed E-state index contributed by atoms with van der Waals surface area (Å²) in [6.45, 7) is 3.49. The van der Waals surface area contributed by atoms with Crippen molar-refractivity contribution in [3.05, 3.63) is 53.1 Å². The van der Waals surface area contributed by atoms with Crippen molar-refractivity contribution < 1.29 is 19.1 Å². The molecule has 0 aliphatic rings. The van der Waals surface area contributed by atoms with Crippen molar-refractivity contribution in [2.45, 2.75) is 13.8 Å². The Morgan fingerprint density at radius 1 is 1.17 bits per heavy atom. The number of benzene rings is 2. The molecule has 0 fully saturated rings. The summed E-state index contributed by atoms with van der Waals surface area (Å²) in [5.41, 5.74) is 9.07. The zero-order chi connectivity index (χ0) is 17.7. The minimum Gasteiger partial charge on any atom is -0.495 e. The summed E-state index contributed by atoms with van der Waals surface area (Å²) in [4.78, 5) is 23.9. The van der Waals surface area contributed by atoms with Crippen LogP contribution in [0.2, 0.25) is 0 Å². The van der Waals surface area contributed by atoms with Crippen LogP contribution in [-0.4, -0.2) is 25.6 Å². The first-order valence-corrected chi connectivity index (χ1v) is 7.39. The monoisotopic (exact) mass is 328 g/mol. The zero-order valence-corrected chi connectivity index (χ0v) is 13.9. The highest BCUT2D eigenvalue weighted by atomic mass is 16.5. The Balaban J connectivity index is 1.95. The predicted molar refractivity (Wildman–Crippen MR) is 92.2 cm³/mol. The largest absolute Gasteiger partial charge is 0.495 e. The fraction of sp³-hybridized carbons (Fsp3) is 0.222. The number of methoxy groups -OCH3 is 1. The highest BCUT2D eigenvalue weighted by Crippen LogP contribution is 2.22. The Bertz CT molecular complexity index is 772. The minimum absolute atomic E-state index is 0.257. The third kappa shape index (κ3) is 4.04. The number of anilines is 2. The molecule has 1 amide bonds. The Labute approximate surface area is 140 Å². The number of amides is 1. The Morgan fingerprint density at radius 3 is 2.58 bits per heavy atom. The molecule has 2 rings (SSSR count). The van der Waals surface area contributed by atoms with E-state index in [0.29, 0.717) is 17.1 Å². The lowest BCUT2D eigenvalue weighted by Crippen LogP contribution is -2.21. The Hall–Kier alpha value is -3.02. The number of nitrogens with one attached hydrogen (secondary N) is 1. The molecule has 2 aromatic rings. The van der Waals surface area contributed by atoms with Gasteiger partial charge in [0.2, 0.25) is 0 Å². The van der Waals surface area contributed by atoms with Crippen LogP contribution in [0.1, 0.15) is 21.5 Å². The molecule has 126 valence electrons. The molecular weight excluding hydrogens is 308 g/mol. The second-order valence-corrected chi connectivity index (χ2v) is 5.33. The number of hydrogen-bond acceptors (Lipinski definition) is 5. The molecule has 6 heteroatoms. The van der Waals surface area contributed by atoms with E-state index in [-0.39, 0.29) is 12.2 Å². The molecule has 0 atom stereocenters. The number of hydrogen-bond donors (Lipinski definition) is 2. The van der Waals surface area contributed by atoms with Gasteiger partial charge in [0.05, 0.1) is 18.4 Å². The van der Waals surface area contributed by atoms with E-state index in [4.69, 9.17) is 15.2 Å². The van der Waals surface area contributed by atoms with Crippen molar-refractivity contribution in [3.63, 3.8) is 0 Å². The summed E-state index contributed by atoms with van der Waals surface area (Å²) < 4.78 is 10.0. The lowest BCUT2D eigenvalue weighted by molar-refractivity contribution is -0.119. The van der Waals surface area contributed by atoms with E-state index in [1.165, 1.54) is 19.2 Å². The lowest BCUT2D eigenvalue weighted by atomic mass is 10.1. The summed E-state index contributed by atoms with van der Waals surface area (Å²) >= 11 is 0. The smallest absolute Gasteiger partial charge is 0.338 e. The number of nitrogens with two attached hydrogens (primary N) is 1. The number of rotatable bonds is 5. The van der Waals surface area contributed by atoms with Crippen LogP contribution in [0, 0.1) is 13.8 Å². The van der Waals surface area contributed by atoms with E-state index in [1.807, 2.05) is 26.0 Å². The van der Waals surface area contributed by atoms with E-state index < -0.39 is 11.9 Å². The van der Waals surface area contributed by atoms with Crippen LogP contribution >= 0.6 is 0 Å². The third-order valence-corrected chi connectivity index (χ3v) is 3.68.